The van der Waals surface area contributed by atoms with Gasteiger partial charge >= 0.3 is 0 Å². The molecule has 0 bridgehead atoms. The lowest BCUT2D eigenvalue weighted by Crippen LogP contribution is -2.29. The van der Waals surface area contributed by atoms with Gasteiger partial charge in [-0.25, -0.2) is 0 Å². The highest BCUT2D eigenvalue weighted by atomic mass is 16.3. The molecule has 11 heavy (non-hydrogen) atoms. The van der Waals surface area contributed by atoms with E-state index in [2.05, 4.69) is 4.90 Å². The van der Waals surface area contributed by atoms with Gasteiger partial charge in [-0.05, 0) is 33.0 Å². The van der Waals surface area contributed by atoms with E-state index in [1.807, 2.05) is 21.0 Å². The first-order valence-electron chi connectivity index (χ1n) is 4.10. The van der Waals surface area contributed by atoms with Crippen LogP contribution in [-0.4, -0.2) is 43.3 Å². The Labute approximate surface area is 69.2 Å². The topological polar surface area (TPSA) is 49.5 Å². The Morgan fingerprint density at radius 2 is 2.00 bits per heavy atom. The average molecular weight is 160 g/mol. The quantitative estimate of drug-likeness (QED) is 0.590. The maximum absolute atomic E-state index is 9.30. The van der Waals surface area contributed by atoms with E-state index in [9.17, 15) is 5.11 Å². The largest absolute Gasteiger partial charge is 0.392 e. The molecule has 0 aliphatic heterocycles. The molecule has 0 aliphatic rings. The molecule has 0 fully saturated rings. The van der Waals surface area contributed by atoms with Gasteiger partial charge in [0.25, 0.3) is 0 Å². The SMILES string of the molecule is CC(CCN(C)C)C(O)CN. The van der Waals surface area contributed by atoms with Crippen LogP contribution in [0, 0.1) is 5.92 Å². The number of hydrogen-bond acceptors (Lipinski definition) is 3. The number of hydrogen-bond donors (Lipinski definition) is 2. The molecule has 2 atom stereocenters. The van der Waals surface area contributed by atoms with Gasteiger partial charge in [0.05, 0.1) is 6.10 Å². The summed E-state index contributed by atoms with van der Waals surface area (Å²) < 4.78 is 0. The van der Waals surface area contributed by atoms with Crippen LogP contribution in [0.15, 0.2) is 0 Å². The molecule has 0 amide bonds. The van der Waals surface area contributed by atoms with E-state index in [1.165, 1.54) is 0 Å². The molecule has 3 nitrogen and oxygen atoms in total. The van der Waals surface area contributed by atoms with E-state index in [1.54, 1.807) is 0 Å². The summed E-state index contributed by atoms with van der Waals surface area (Å²) in [5, 5.41) is 9.30. The number of nitrogens with zero attached hydrogens (tertiary/aromatic N) is 1. The second-order valence-electron chi connectivity index (χ2n) is 3.37. The van der Waals surface area contributed by atoms with Gasteiger partial charge in [0, 0.05) is 6.54 Å². The molecule has 0 heterocycles. The molecular formula is C8H20N2O. The fraction of sp³-hybridized carbons (Fsp3) is 1.00. The van der Waals surface area contributed by atoms with Crippen LogP contribution in [0.4, 0.5) is 0 Å². The Morgan fingerprint density at radius 1 is 1.45 bits per heavy atom. The lowest BCUT2D eigenvalue weighted by molar-refractivity contribution is 0.114. The minimum Gasteiger partial charge on any atom is -0.392 e. The van der Waals surface area contributed by atoms with Gasteiger partial charge in [0.1, 0.15) is 0 Å². The van der Waals surface area contributed by atoms with Crippen molar-refractivity contribution in [2.75, 3.05) is 27.2 Å². The molecule has 0 rings (SSSR count). The number of aliphatic hydroxyl groups excluding tert-OH is 1. The summed E-state index contributed by atoms with van der Waals surface area (Å²) in [6, 6.07) is 0. The van der Waals surface area contributed by atoms with Gasteiger partial charge < -0.3 is 15.7 Å². The summed E-state index contributed by atoms with van der Waals surface area (Å²) in [5.41, 5.74) is 5.32. The number of aliphatic hydroxyl groups is 1. The van der Waals surface area contributed by atoms with Gasteiger partial charge in [-0.15, -0.1) is 0 Å². The molecule has 0 aromatic carbocycles. The number of rotatable bonds is 5. The minimum absolute atomic E-state index is 0.308. The molecule has 2 unspecified atom stereocenters. The summed E-state index contributed by atoms with van der Waals surface area (Å²) in [6.07, 6.45) is 0.667. The first-order valence-corrected chi connectivity index (χ1v) is 4.10. The second-order valence-corrected chi connectivity index (χ2v) is 3.37. The van der Waals surface area contributed by atoms with Gasteiger partial charge in [0.2, 0.25) is 0 Å². The molecule has 3 N–H and O–H groups in total. The zero-order chi connectivity index (χ0) is 8.85. The monoisotopic (exact) mass is 160 g/mol. The van der Waals surface area contributed by atoms with Crippen molar-refractivity contribution >= 4 is 0 Å². The van der Waals surface area contributed by atoms with E-state index < -0.39 is 0 Å². The predicted octanol–water partition coefficient (Wildman–Crippen LogP) is -0.106. The molecular weight excluding hydrogens is 140 g/mol. The summed E-state index contributed by atoms with van der Waals surface area (Å²) >= 11 is 0. The third-order valence-electron chi connectivity index (χ3n) is 1.93. The molecule has 0 aromatic rings. The maximum Gasteiger partial charge on any atom is 0.0688 e. The Morgan fingerprint density at radius 3 is 2.36 bits per heavy atom. The van der Waals surface area contributed by atoms with Crippen LogP contribution in [0.2, 0.25) is 0 Å². The standard InChI is InChI=1S/C8H20N2O/c1-7(8(11)6-9)4-5-10(2)3/h7-8,11H,4-6,9H2,1-3H3. The van der Waals surface area contributed by atoms with Crippen LogP contribution in [0.25, 0.3) is 0 Å². The van der Waals surface area contributed by atoms with E-state index in [4.69, 9.17) is 5.73 Å². The molecule has 0 aliphatic carbocycles. The van der Waals surface area contributed by atoms with Crippen molar-refractivity contribution in [3.05, 3.63) is 0 Å². The van der Waals surface area contributed by atoms with Crippen molar-refractivity contribution in [1.82, 2.24) is 4.90 Å². The van der Waals surface area contributed by atoms with Gasteiger partial charge in [-0.2, -0.15) is 0 Å². The lowest BCUT2D eigenvalue weighted by Gasteiger charge is -2.18. The van der Waals surface area contributed by atoms with Crippen molar-refractivity contribution in [2.24, 2.45) is 11.7 Å². The van der Waals surface area contributed by atoms with Crippen LogP contribution in [0.1, 0.15) is 13.3 Å². The Balaban J connectivity index is 3.43. The van der Waals surface area contributed by atoms with Crippen LogP contribution >= 0.6 is 0 Å². The lowest BCUT2D eigenvalue weighted by atomic mass is 10.0. The fourth-order valence-corrected chi connectivity index (χ4v) is 0.887. The summed E-state index contributed by atoms with van der Waals surface area (Å²) in [7, 11) is 4.06. The van der Waals surface area contributed by atoms with Crippen LogP contribution in [0.5, 0.6) is 0 Å². The maximum atomic E-state index is 9.30. The summed E-state index contributed by atoms with van der Waals surface area (Å²) in [4.78, 5) is 2.11. The van der Waals surface area contributed by atoms with E-state index >= 15 is 0 Å². The van der Waals surface area contributed by atoms with Crippen molar-refractivity contribution < 1.29 is 5.11 Å². The van der Waals surface area contributed by atoms with Crippen LogP contribution < -0.4 is 5.73 Å². The molecule has 3 heteroatoms. The third-order valence-corrected chi connectivity index (χ3v) is 1.93. The van der Waals surface area contributed by atoms with Gasteiger partial charge in [-0.1, -0.05) is 6.92 Å². The highest BCUT2D eigenvalue weighted by molar-refractivity contribution is 4.65. The van der Waals surface area contributed by atoms with Crippen LogP contribution in [-0.2, 0) is 0 Å². The van der Waals surface area contributed by atoms with Crippen molar-refractivity contribution in [1.29, 1.82) is 0 Å². The summed E-state index contributed by atoms with van der Waals surface area (Å²) in [6.45, 7) is 3.41. The smallest absolute Gasteiger partial charge is 0.0688 e. The molecule has 0 aromatic heterocycles. The Kier molecular flexibility index (Phi) is 5.46. The zero-order valence-corrected chi connectivity index (χ0v) is 7.75. The van der Waals surface area contributed by atoms with Crippen molar-refractivity contribution in [2.45, 2.75) is 19.4 Å². The van der Waals surface area contributed by atoms with Crippen molar-refractivity contribution in [3.63, 3.8) is 0 Å². The minimum atomic E-state index is -0.338. The van der Waals surface area contributed by atoms with Crippen molar-refractivity contribution in [3.8, 4) is 0 Å². The van der Waals surface area contributed by atoms with E-state index in [-0.39, 0.29) is 6.10 Å². The second kappa shape index (κ2) is 5.52. The Hall–Kier alpha value is -0.120. The highest BCUT2D eigenvalue weighted by Gasteiger charge is 2.11. The third kappa shape index (κ3) is 5.18. The first kappa shape index (κ1) is 10.9. The normalized spacial score (nSPS) is 16.9. The molecule has 68 valence electrons. The Bertz CT molecular complexity index is 96.1. The average Bonchev–Trinajstić information content (AvgIpc) is 1.98. The molecule has 0 radical (unpaired) electrons. The molecule has 0 saturated heterocycles. The van der Waals surface area contributed by atoms with E-state index in [0.717, 1.165) is 13.0 Å². The summed E-state index contributed by atoms with van der Waals surface area (Å²) in [5.74, 6) is 0.308. The zero-order valence-electron chi connectivity index (χ0n) is 7.75. The molecule has 0 saturated carbocycles. The number of nitrogens with two attached hydrogens (primary N) is 1. The predicted molar refractivity (Wildman–Crippen MR) is 47.4 cm³/mol. The highest BCUT2D eigenvalue weighted by Crippen LogP contribution is 2.06. The van der Waals surface area contributed by atoms with E-state index in [0.29, 0.717) is 12.5 Å². The van der Waals surface area contributed by atoms with Gasteiger partial charge in [0.15, 0.2) is 0 Å². The molecule has 0 spiro atoms. The van der Waals surface area contributed by atoms with Gasteiger partial charge in [-0.3, -0.25) is 0 Å². The fourth-order valence-electron chi connectivity index (χ4n) is 0.887. The van der Waals surface area contributed by atoms with Crippen LogP contribution in [0.3, 0.4) is 0 Å². The first-order chi connectivity index (χ1) is 5.07.